The molecule has 0 aliphatic carbocycles. The van der Waals surface area contributed by atoms with Gasteiger partial charge in [0.25, 0.3) is 0 Å². The summed E-state index contributed by atoms with van der Waals surface area (Å²) in [4.78, 5) is 70.1. The molecular weight excluding hydrogens is 450 g/mol. The van der Waals surface area contributed by atoms with E-state index in [-0.39, 0.29) is 32.1 Å². The molecule has 34 heavy (non-hydrogen) atoms. The summed E-state index contributed by atoms with van der Waals surface area (Å²) >= 11 is 0. The lowest BCUT2D eigenvalue weighted by Gasteiger charge is -2.21. The smallest absolute Gasteiger partial charge is 0.326 e. The van der Waals surface area contributed by atoms with E-state index >= 15 is 0 Å². The minimum atomic E-state index is -1.30. The van der Waals surface area contributed by atoms with E-state index in [1.165, 1.54) is 0 Å². The fourth-order valence-electron chi connectivity index (χ4n) is 2.83. The van der Waals surface area contributed by atoms with Gasteiger partial charge in [0.05, 0.1) is 12.6 Å². The van der Waals surface area contributed by atoms with Crippen molar-refractivity contribution in [3.05, 3.63) is 35.9 Å². The lowest BCUT2D eigenvalue weighted by molar-refractivity contribution is -0.142. The molecule has 0 fully saturated rings. The van der Waals surface area contributed by atoms with Gasteiger partial charge in [-0.3, -0.25) is 24.0 Å². The highest BCUT2D eigenvalue weighted by atomic mass is 16.4. The summed E-state index contributed by atoms with van der Waals surface area (Å²) in [6, 6.07) is 4.83. The average Bonchev–Trinajstić information content (AvgIpc) is 2.78. The molecule has 13 heteroatoms. The van der Waals surface area contributed by atoms with E-state index in [0.29, 0.717) is 5.56 Å². The molecule has 3 atom stereocenters. The molecule has 0 radical (unpaired) electrons. The topological polar surface area (TPSA) is 231 Å². The van der Waals surface area contributed by atoms with E-state index in [4.69, 9.17) is 16.6 Å². The Kier molecular flexibility index (Phi) is 11.7. The van der Waals surface area contributed by atoms with E-state index in [0.717, 1.165) is 0 Å². The number of nitrogens with two attached hydrogens (primary N) is 2. The van der Waals surface area contributed by atoms with E-state index < -0.39 is 60.2 Å². The van der Waals surface area contributed by atoms with Crippen molar-refractivity contribution >= 4 is 35.6 Å². The number of primary amides is 1. The Hall–Kier alpha value is -4.00. The van der Waals surface area contributed by atoms with Crippen molar-refractivity contribution in [2.24, 2.45) is 11.5 Å². The van der Waals surface area contributed by atoms with Crippen molar-refractivity contribution in [1.29, 1.82) is 0 Å². The number of carbonyl (C=O) groups excluding carboxylic acids is 4. The number of carbonyl (C=O) groups is 6. The molecule has 0 spiro atoms. The second-order valence-electron chi connectivity index (χ2n) is 7.47. The molecule has 1 aromatic rings. The Morgan fingerprint density at radius 3 is 2.06 bits per heavy atom. The molecule has 3 unspecified atom stereocenters. The first kappa shape index (κ1) is 28.0. The SMILES string of the molecule is NC(=O)CCC(NC(=O)CNC(=O)C(N)CCC(=O)O)C(=O)NC(Cc1ccccc1)C(=O)O. The van der Waals surface area contributed by atoms with Crippen molar-refractivity contribution in [2.45, 2.75) is 50.2 Å². The van der Waals surface area contributed by atoms with Crippen LogP contribution >= 0.6 is 0 Å². The van der Waals surface area contributed by atoms with Gasteiger partial charge in [-0.15, -0.1) is 0 Å². The summed E-state index contributed by atoms with van der Waals surface area (Å²) in [5.41, 5.74) is 11.3. The van der Waals surface area contributed by atoms with Crippen molar-refractivity contribution in [3.63, 3.8) is 0 Å². The maximum Gasteiger partial charge on any atom is 0.326 e. The number of aliphatic carboxylic acids is 2. The number of amides is 4. The van der Waals surface area contributed by atoms with Gasteiger partial charge in [-0.05, 0) is 18.4 Å². The third-order valence-corrected chi connectivity index (χ3v) is 4.66. The zero-order chi connectivity index (χ0) is 25.7. The highest BCUT2D eigenvalue weighted by molar-refractivity contribution is 5.93. The van der Waals surface area contributed by atoms with Crippen molar-refractivity contribution in [1.82, 2.24) is 16.0 Å². The van der Waals surface area contributed by atoms with Crippen LogP contribution in [0.15, 0.2) is 30.3 Å². The van der Waals surface area contributed by atoms with Crippen LogP contribution in [0.25, 0.3) is 0 Å². The van der Waals surface area contributed by atoms with Gasteiger partial charge in [-0.2, -0.15) is 0 Å². The molecule has 0 aliphatic heterocycles. The molecular formula is C21H29N5O8. The highest BCUT2D eigenvalue weighted by Crippen LogP contribution is 2.05. The monoisotopic (exact) mass is 479 g/mol. The first-order valence-corrected chi connectivity index (χ1v) is 10.4. The molecule has 9 N–H and O–H groups in total. The Morgan fingerprint density at radius 1 is 0.853 bits per heavy atom. The largest absolute Gasteiger partial charge is 0.481 e. The Morgan fingerprint density at radius 2 is 1.50 bits per heavy atom. The molecule has 13 nitrogen and oxygen atoms in total. The standard InChI is InChI=1S/C21H29N5O8/c22-13(6-9-18(29)30)19(31)24-11-17(28)25-14(7-8-16(23)27)20(32)26-15(21(33)34)10-12-4-2-1-3-5-12/h1-5,13-15H,6-11,22H2,(H2,23,27)(H,24,31)(H,25,28)(H,26,32)(H,29,30)(H,33,34). The predicted molar refractivity (Wildman–Crippen MR) is 118 cm³/mol. The molecule has 0 aromatic heterocycles. The first-order chi connectivity index (χ1) is 16.0. The average molecular weight is 479 g/mol. The number of rotatable bonds is 15. The van der Waals surface area contributed by atoms with Crippen LogP contribution in [0.4, 0.5) is 0 Å². The number of nitrogens with one attached hydrogen (secondary N) is 3. The fraction of sp³-hybridized carbons (Fsp3) is 0.429. The summed E-state index contributed by atoms with van der Waals surface area (Å²) in [6.45, 7) is -0.577. The van der Waals surface area contributed by atoms with E-state index in [9.17, 15) is 33.9 Å². The van der Waals surface area contributed by atoms with Gasteiger partial charge in [0.2, 0.25) is 23.6 Å². The van der Waals surface area contributed by atoms with Crippen LogP contribution in [0.2, 0.25) is 0 Å². The maximum atomic E-state index is 12.7. The van der Waals surface area contributed by atoms with Crippen LogP contribution in [0.1, 0.15) is 31.2 Å². The summed E-state index contributed by atoms with van der Waals surface area (Å²) in [5, 5.41) is 25.0. The molecule has 0 aliphatic rings. The van der Waals surface area contributed by atoms with Gasteiger partial charge in [-0.25, -0.2) is 4.79 Å². The van der Waals surface area contributed by atoms with Crippen molar-refractivity contribution in [2.75, 3.05) is 6.54 Å². The molecule has 0 saturated heterocycles. The quantitative estimate of drug-likeness (QED) is 0.145. The summed E-state index contributed by atoms with van der Waals surface area (Å²) in [7, 11) is 0. The lowest BCUT2D eigenvalue weighted by atomic mass is 10.0. The Labute approximate surface area is 195 Å². The molecule has 0 heterocycles. The Balaban J connectivity index is 2.74. The number of hydrogen-bond acceptors (Lipinski definition) is 7. The molecule has 1 rings (SSSR count). The summed E-state index contributed by atoms with van der Waals surface area (Å²) in [5.74, 6) is -5.57. The van der Waals surface area contributed by atoms with Crippen molar-refractivity contribution in [3.8, 4) is 0 Å². The molecule has 186 valence electrons. The van der Waals surface area contributed by atoms with Gasteiger partial charge in [0.15, 0.2) is 0 Å². The second kappa shape index (κ2) is 14.2. The minimum Gasteiger partial charge on any atom is -0.481 e. The van der Waals surface area contributed by atoms with E-state index in [1.807, 2.05) is 0 Å². The normalized spacial score (nSPS) is 13.1. The van der Waals surface area contributed by atoms with Gasteiger partial charge >= 0.3 is 11.9 Å². The van der Waals surface area contributed by atoms with Crippen LogP contribution in [-0.2, 0) is 35.2 Å². The van der Waals surface area contributed by atoms with E-state index in [2.05, 4.69) is 16.0 Å². The highest BCUT2D eigenvalue weighted by Gasteiger charge is 2.27. The van der Waals surface area contributed by atoms with Crippen LogP contribution in [-0.4, -0.2) is 70.5 Å². The molecule has 0 saturated carbocycles. The van der Waals surface area contributed by atoms with E-state index in [1.54, 1.807) is 30.3 Å². The first-order valence-electron chi connectivity index (χ1n) is 10.4. The molecule has 0 bridgehead atoms. The Bertz CT molecular complexity index is 892. The van der Waals surface area contributed by atoms with Gasteiger partial charge in [0.1, 0.15) is 12.1 Å². The van der Waals surface area contributed by atoms with Crippen LogP contribution in [0.5, 0.6) is 0 Å². The predicted octanol–water partition coefficient (Wildman–Crippen LogP) is -2.14. The van der Waals surface area contributed by atoms with Crippen LogP contribution in [0.3, 0.4) is 0 Å². The zero-order valence-corrected chi connectivity index (χ0v) is 18.4. The zero-order valence-electron chi connectivity index (χ0n) is 18.4. The fourth-order valence-corrected chi connectivity index (χ4v) is 2.83. The maximum absolute atomic E-state index is 12.7. The third-order valence-electron chi connectivity index (χ3n) is 4.66. The molecule has 1 aromatic carbocycles. The van der Waals surface area contributed by atoms with Crippen LogP contribution in [0, 0.1) is 0 Å². The lowest BCUT2D eigenvalue weighted by Crippen LogP contribution is -2.54. The number of hydrogen-bond donors (Lipinski definition) is 7. The summed E-state index contributed by atoms with van der Waals surface area (Å²) in [6.07, 6.45) is -0.936. The van der Waals surface area contributed by atoms with Gasteiger partial charge < -0.3 is 37.6 Å². The minimum absolute atomic E-state index is 0.0112. The van der Waals surface area contributed by atoms with Crippen LogP contribution < -0.4 is 27.4 Å². The second-order valence-corrected chi connectivity index (χ2v) is 7.47. The van der Waals surface area contributed by atoms with Gasteiger partial charge in [0, 0.05) is 19.3 Å². The number of benzene rings is 1. The summed E-state index contributed by atoms with van der Waals surface area (Å²) < 4.78 is 0. The van der Waals surface area contributed by atoms with Crippen molar-refractivity contribution < 1.29 is 39.0 Å². The van der Waals surface area contributed by atoms with Gasteiger partial charge in [-0.1, -0.05) is 30.3 Å². The molecule has 4 amide bonds. The third kappa shape index (κ3) is 11.0. The number of carboxylic acids is 2. The number of carboxylic acid groups (broad SMARTS) is 2.